The number of nitrogens with two attached hydrogens (primary N) is 1. The Labute approximate surface area is 202 Å². The fraction of sp³-hybridized carbons (Fsp3) is 0.192. The summed E-state index contributed by atoms with van der Waals surface area (Å²) in [5, 5.41) is 5.79. The van der Waals surface area contributed by atoms with E-state index >= 15 is 0 Å². The molecule has 0 aliphatic heterocycles. The number of aromatic nitrogens is 3. The lowest BCUT2D eigenvalue weighted by Crippen LogP contribution is -2.24. The highest BCUT2D eigenvalue weighted by molar-refractivity contribution is 6.05. The molecule has 0 spiro atoms. The van der Waals surface area contributed by atoms with Gasteiger partial charge in [-0.15, -0.1) is 0 Å². The van der Waals surface area contributed by atoms with Crippen molar-refractivity contribution in [1.82, 2.24) is 19.9 Å². The Morgan fingerprint density at radius 3 is 2.49 bits per heavy atom. The van der Waals surface area contributed by atoms with Crippen molar-refractivity contribution in [2.24, 2.45) is 5.73 Å². The quantitative estimate of drug-likeness (QED) is 0.323. The molecule has 0 saturated carbocycles. The van der Waals surface area contributed by atoms with E-state index in [9.17, 15) is 14.4 Å². The van der Waals surface area contributed by atoms with E-state index in [0.29, 0.717) is 46.9 Å². The average molecular weight is 471 g/mol. The van der Waals surface area contributed by atoms with Crippen LogP contribution in [0.25, 0.3) is 11.0 Å². The van der Waals surface area contributed by atoms with E-state index in [1.807, 2.05) is 22.8 Å². The normalized spacial score (nSPS) is 10.8. The predicted molar refractivity (Wildman–Crippen MR) is 133 cm³/mol. The van der Waals surface area contributed by atoms with Crippen LogP contribution < -0.4 is 16.4 Å². The molecule has 0 atom stereocenters. The predicted octanol–water partition coefficient (Wildman–Crippen LogP) is 3.30. The van der Waals surface area contributed by atoms with Gasteiger partial charge < -0.3 is 15.6 Å². The van der Waals surface area contributed by atoms with Crippen molar-refractivity contribution in [2.45, 2.75) is 26.3 Å². The highest BCUT2D eigenvalue weighted by Gasteiger charge is 2.17. The van der Waals surface area contributed by atoms with Crippen molar-refractivity contribution in [3.8, 4) is 0 Å². The number of carbonyl (C=O) groups is 3. The lowest BCUT2D eigenvalue weighted by Gasteiger charge is -2.11. The second kappa shape index (κ2) is 10.6. The number of fused-ring (bicyclic) bond motifs is 1. The number of anilines is 1. The number of amides is 3. The van der Waals surface area contributed by atoms with Gasteiger partial charge >= 0.3 is 0 Å². The number of hydrogen-bond donors (Lipinski definition) is 3. The number of pyridine rings is 1. The van der Waals surface area contributed by atoms with Crippen molar-refractivity contribution in [3.63, 3.8) is 0 Å². The van der Waals surface area contributed by atoms with Crippen molar-refractivity contribution in [3.05, 3.63) is 89.2 Å². The molecule has 0 bridgehead atoms. The van der Waals surface area contributed by atoms with Gasteiger partial charge in [0.1, 0.15) is 0 Å². The summed E-state index contributed by atoms with van der Waals surface area (Å²) in [6, 6.07) is 17.5. The van der Waals surface area contributed by atoms with Crippen LogP contribution in [-0.2, 0) is 6.54 Å². The van der Waals surface area contributed by atoms with Crippen LogP contribution in [0.5, 0.6) is 0 Å². The zero-order valence-electron chi connectivity index (χ0n) is 19.3. The fourth-order valence-electron chi connectivity index (χ4n) is 3.79. The number of primary amides is 1. The number of nitrogens with zero attached hydrogens (tertiary/aromatic N) is 3. The van der Waals surface area contributed by atoms with Crippen LogP contribution in [0.4, 0.5) is 5.95 Å². The summed E-state index contributed by atoms with van der Waals surface area (Å²) in [7, 11) is 0. The number of benzene rings is 2. The van der Waals surface area contributed by atoms with Crippen LogP contribution in [0.2, 0.25) is 0 Å². The third-order valence-electron chi connectivity index (χ3n) is 5.64. The first-order chi connectivity index (χ1) is 16.9. The van der Waals surface area contributed by atoms with Gasteiger partial charge in [-0.3, -0.25) is 24.7 Å². The molecule has 2 aromatic carbocycles. The number of aryl methyl sites for hydroxylation is 2. The van der Waals surface area contributed by atoms with Gasteiger partial charge in [0.15, 0.2) is 0 Å². The minimum absolute atomic E-state index is 0.113. The number of unbranched alkanes of at least 4 members (excludes halogenated alkanes) is 1. The van der Waals surface area contributed by atoms with E-state index in [0.717, 1.165) is 18.4 Å². The number of hydrogen-bond acceptors (Lipinski definition) is 5. The van der Waals surface area contributed by atoms with Gasteiger partial charge in [-0.05, 0) is 62.2 Å². The fourth-order valence-corrected chi connectivity index (χ4v) is 3.79. The number of nitrogens with one attached hydrogen (secondary N) is 2. The molecule has 9 heteroatoms. The molecule has 35 heavy (non-hydrogen) atoms. The van der Waals surface area contributed by atoms with Crippen molar-refractivity contribution >= 4 is 34.7 Å². The molecule has 0 aliphatic carbocycles. The maximum absolute atomic E-state index is 12.9. The van der Waals surface area contributed by atoms with E-state index in [1.165, 1.54) is 0 Å². The summed E-state index contributed by atoms with van der Waals surface area (Å²) >= 11 is 0. The molecule has 2 heterocycles. The Hall–Kier alpha value is -4.53. The lowest BCUT2D eigenvalue weighted by molar-refractivity contribution is 0.0950. The van der Waals surface area contributed by atoms with Crippen molar-refractivity contribution in [2.75, 3.05) is 11.9 Å². The Kier molecular flexibility index (Phi) is 7.15. The molecule has 3 amide bonds. The summed E-state index contributed by atoms with van der Waals surface area (Å²) in [5.41, 5.74) is 8.76. The minimum Gasteiger partial charge on any atom is -0.366 e. The molecule has 0 radical (unpaired) electrons. The van der Waals surface area contributed by atoms with Crippen LogP contribution in [-0.4, -0.2) is 38.8 Å². The molecular formula is C26H26N6O3. The monoisotopic (exact) mass is 470 g/mol. The van der Waals surface area contributed by atoms with Crippen LogP contribution in [0.3, 0.4) is 0 Å². The van der Waals surface area contributed by atoms with E-state index in [1.54, 1.807) is 55.6 Å². The van der Waals surface area contributed by atoms with Gasteiger partial charge in [0, 0.05) is 36.1 Å². The topological polar surface area (TPSA) is 132 Å². The SMILES string of the molecule is Cc1ncccc1C(=O)Nc1nc2cc(C(N)=O)ccc2n1CCCCNC(=O)c1ccccc1. The highest BCUT2D eigenvalue weighted by atomic mass is 16.2. The molecule has 4 rings (SSSR count). The summed E-state index contributed by atoms with van der Waals surface area (Å²) < 4.78 is 1.89. The number of rotatable bonds is 9. The highest BCUT2D eigenvalue weighted by Crippen LogP contribution is 2.23. The van der Waals surface area contributed by atoms with Crippen molar-refractivity contribution < 1.29 is 14.4 Å². The maximum Gasteiger partial charge on any atom is 0.259 e. The molecule has 4 aromatic rings. The maximum atomic E-state index is 12.9. The third kappa shape index (κ3) is 5.52. The summed E-state index contributed by atoms with van der Waals surface area (Å²) in [6.45, 7) is 2.83. The number of imidazole rings is 1. The molecule has 0 fully saturated rings. The Morgan fingerprint density at radius 1 is 0.943 bits per heavy atom. The zero-order chi connectivity index (χ0) is 24.8. The van der Waals surface area contributed by atoms with Crippen LogP contribution in [0.15, 0.2) is 66.9 Å². The molecular weight excluding hydrogens is 444 g/mol. The first kappa shape index (κ1) is 23.6. The van der Waals surface area contributed by atoms with Gasteiger partial charge in [-0.2, -0.15) is 0 Å². The first-order valence-corrected chi connectivity index (χ1v) is 11.3. The molecule has 4 N–H and O–H groups in total. The second-order valence-electron chi connectivity index (χ2n) is 8.07. The van der Waals surface area contributed by atoms with Gasteiger partial charge in [-0.1, -0.05) is 18.2 Å². The summed E-state index contributed by atoms with van der Waals surface area (Å²) in [4.78, 5) is 45.5. The molecule has 0 saturated heterocycles. The molecule has 0 unspecified atom stereocenters. The van der Waals surface area contributed by atoms with Gasteiger partial charge in [-0.25, -0.2) is 4.98 Å². The van der Waals surface area contributed by atoms with Gasteiger partial charge in [0.2, 0.25) is 11.9 Å². The zero-order valence-corrected chi connectivity index (χ0v) is 19.3. The summed E-state index contributed by atoms with van der Waals surface area (Å²) in [6.07, 6.45) is 3.09. The lowest BCUT2D eigenvalue weighted by atomic mass is 10.2. The third-order valence-corrected chi connectivity index (χ3v) is 5.64. The van der Waals surface area contributed by atoms with Crippen LogP contribution in [0, 0.1) is 6.92 Å². The first-order valence-electron chi connectivity index (χ1n) is 11.3. The number of carbonyl (C=O) groups excluding carboxylic acids is 3. The molecule has 2 aromatic heterocycles. The van der Waals surface area contributed by atoms with E-state index in [-0.39, 0.29) is 11.8 Å². The van der Waals surface area contributed by atoms with E-state index < -0.39 is 5.91 Å². The molecule has 178 valence electrons. The largest absolute Gasteiger partial charge is 0.366 e. The van der Waals surface area contributed by atoms with E-state index in [2.05, 4.69) is 20.6 Å². The average Bonchev–Trinajstić information content (AvgIpc) is 3.20. The Morgan fingerprint density at radius 2 is 1.74 bits per heavy atom. The van der Waals surface area contributed by atoms with E-state index in [4.69, 9.17) is 5.73 Å². The van der Waals surface area contributed by atoms with Crippen LogP contribution in [0.1, 0.15) is 49.6 Å². The Bertz CT molecular complexity index is 1380. The summed E-state index contributed by atoms with van der Waals surface area (Å²) in [5.74, 6) is -0.620. The van der Waals surface area contributed by atoms with Gasteiger partial charge in [0.25, 0.3) is 11.8 Å². The van der Waals surface area contributed by atoms with Crippen LogP contribution >= 0.6 is 0 Å². The molecule has 0 aliphatic rings. The minimum atomic E-state index is -0.549. The molecule has 9 nitrogen and oxygen atoms in total. The van der Waals surface area contributed by atoms with Crippen molar-refractivity contribution in [1.29, 1.82) is 0 Å². The Balaban J connectivity index is 1.48. The second-order valence-corrected chi connectivity index (χ2v) is 8.07. The smallest absolute Gasteiger partial charge is 0.259 e. The van der Waals surface area contributed by atoms with Gasteiger partial charge in [0.05, 0.1) is 16.6 Å². The standard InChI is InChI=1S/C26H26N6O3/c1-17-20(10-7-14-28-17)25(35)31-26-30-21-16-19(23(27)33)11-12-22(21)32(26)15-6-5-13-29-24(34)18-8-3-2-4-9-18/h2-4,7-12,14,16H,5-6,13,15H2,1H3,(H2,27,33)(H,29,34)(H,30,31,35).